The van der Waals surface area contributed by atoms with E-state index >= 15 is 0 Å². The average Bonchev–Trinajstić information content (AvgIpc) is 2.41. The SMILES string of the molecule is CC(C)=Nc1ccc(-c2ccc(N=C(C)C)c(C)c2)cc1. The molecule has 0 heterocycles. The first-order valence-electron chi connectivity index (χ1n) is 7.20. The molecule has 2 nitrogen and oxygen atoms in total. The highest BCUT2D eigenvalue weighted by Gasteiger charge is 2.02. The third-order valence-corrected chi connectivity index (χ3v) is 3.09. The fraction of sp³-hybridized carbons (Fsp3) is 0.263. The number of hydrogen-bond acceptors (Lipinski definition) is 2. The molecule has 2 aromatic rings. The highest BCUT2D eigenvalue weighted by Crippen LogP contribution is 2.28. The van der Waals surface area contributed by atoms with Crippen molar-refractivity contribution < 1.29 is 0 Å². The Morgan fingerprint density at radius 3 is 1.81 bits per heavy atom. The first-order chi connectivity index (χ1) is 9.95. The molecule has 0 saturated carbocycles. The van der Waals surface area contributed by atoms with Crippen molar-refractivity contribution in [1.29, 1.82) is 0 Å². The fourth-order valence-corrected chi connectivity index (χ4v) is 2.19. The molecule has 0 aliphatic carbocycles. The normalized spacial score (nSPS) is 10.1. The number of benzene rings is 2. The lowest BCUT2D eigenvalue weighted by atomic mass is 10.0. The smallest absolute Gasteiger partial charge is 0.0658 e. The molecule has 0 radical (unpaired) electrons. The van der Waals surface area contributed by atoms with Crippen LogP contribution in [0.3, 0.4) is 0 Å². The quantitative estimate of drug-likeness (QED) is 0.626. The Morgan fingerprint density at radius 1 is 0.714 bits per heavy atom. The van der Waals surface area contributed by atoms with Crippen molar-refractivity contribution >= 4 is 22.8 Å². The van der Waals surface area contributed by atoms with Gasteiger partial charge in [0, 0.05) is 11.4 Å². The number of nitrogens with zero attached hydrogens (tertiary/aromatic N) is 2. The molecule has 0 atom stereocenters. The zero-order valence-electron chi connectivity index (χ0n) is 13.4. The standard InChI is InChI=1S/C19H22N2/c1-13(2)20-18-9-6-16(7-10-18)17-8-11-19(15(5)12-17)21-14(3)4/h6-12H,1-5H3. The van der Waals surface area contributed by atoms with Crippen molar-refractivity contribution in [3.8, 4) is 11.1 Å². The van der Waals surface area contributed by atoms with Gasteiger partial charge in [-0.25, -0.2) is 0 Å². The van der Waals surface area contributed by atoms with Gasteiger partial charge in [-0.15, -0.1) is 0 Å². The van der Waals surface area contributed by atoms with Crippen LogP contribution in [0.15, 0.2) is 52.4 Å². The predicted octanol–water partition coefficient (Wildman–Crippen LogP) is 5.89. The molecule has 0 aliphatic heterocycles. The number of hydrogen-bond donors (Lipinski definition) is 0. The van der Waals surface area contributed by atoms with Crippen molar-refractivity contribution in [2.45, 2.75) is 34.6 Å². The molecule has 0 spiro atoms. The molecule has 2 heteroatoms. The van der Waals surface area contributed by atoms with Gasteiger partial charge in [0.05, 0.1) is 11.4 Å². The summed E-state index contributed by atoms with van der Waals surface area (Å²) in [6, 6.07) is 14.7. The molecule has 0 aromatic heterocycles. The van der Waals surface area contributed by atoms with Crippen molar-refractivity contribution in [1.82, 2.24) is 0 Å². The Labute approximate surface area is 127 Å². The summed E-state index contributed by atoms with van der Waals surface area (Å²) in [4.78, 5) is 9.00. The summed E-state index contributed by atoms with van der Waals surface area (Å²) in [5, 5.41) is 0. The van der Waals surface area contributed by atoms with Gasteiger partial charge in [-0.2, -0.15) is 0 Å². The average molecular weight is 278 g/mol. The van der Waals surface area contributed by atoms with E-state index in [0.717, 1.165) is 22.8 Å². The van der Waals surface area contributed by atoms with Crippen molar-refractivity contribution in [2.75, 3.05) is 0 Å². The largest absolute Gasteiger partial charge is 0.258 e. The Balaban J connectivity index is 2.32. The van der Waals surface area contributed by atoms with E-state index < -0.39 is 0 Å². The molecule has 108 valence electrons. The molecule has 0 saturated heterocycles. The van der Waals surface area contributed by atoms with Crippen LogP contribution in [0.25, 0.3) is 11.1 Å². The van der Waals surface area contributed by atoms with E-state index in [0.29, 0.717) is 0 Å². The molecule has 0 amide bonds. The van der Waals surface area contributed by atoms with Crippen molar-refractivity contribution in [3.63, 3.8) is 0 Å². The monoisotopic (exact) mass is 278 g/mol. The van der Waals surface area contributed by atoms with Crippen LogP contribution in [0.1, 0.15) is 33.3 Å². The maximum atomic E-state index is 4.54. The van der Waals surface area contributed by atoms with Gasteiger partial charge in [-0.3, -0.25) is 9.98 Å². The van der Waals surface area contributed by atoms with Crippen LogP contribution < -0.4 is 0 Å². The maximum absolute atomic E-state index is 4.54. The highest BCUT2D eigenvalue weighted by atomic mass is 14.7. The molecular formula is C19H22N2. The van der Waals surface area contributed by atoms with Gasteiger partial charge in [0.2, 0.25) is 0 Å². The van der Waals surface area contributed by atoms with Gasteiger partial charge in [-0.1, -0.05) is 18.2 Å². The lowest BCUT2D eigenvalue weighted by molar-refractivity contribution is 1.38. The number of aliphatic imine (C=N–C) groups is 2. The minimum absolute atomic E-state index is 0.998. The van der Waals surface area contributed by atoms with Crippen LogP contribution in [-0.2, 0) is 0 Å². The van der Waals surface area contributed by atoms with E-state index in [1.165, 1.54) is 16.7 Å². The molecule has 2 aromatic carbocycles. The van der Waals surface area contributed by atoms with E-state index in [4.69, 9.17) is 0 Å². The van der Waals surface area contributed by atoms with Gasteiger partial charge in [0.25, 0.3) is 0 Å². The van der Waals surface area contributed by atoms with E-state index in [2.05, 4.69) is 59.4 Å². The van der Waals surface area contributed by atoms with Gasteiger partial charge < -0.3 is 0 Å². The van der Waals surface area contributed by atoms with Gasteiger partial charge in [0.1, 0.15) is 0 Å². The van der Waals surface area contributed by atoms with Crippen LogP contribution in [0, 0.1) is 6.92 Å². The van der Waals surface area contributed by atoms with E-state index in [1.807, 2.05) is 27.7 Å². The molecule has 2 rings (SSSR count). The number of rotatable bonds is 3. The molecular weight excluding hydrogens is 256 g/mol. The van der Waals surface area contributed by atoms with Crippen molar-refractivity contribution in [3.05, 3.63) is 48.0 Å². The predicted molar refractivity (Wildman–Crippen MR) is 93.5 cm³/mol. The van der Waals surface area contributed by atoms with Gasteiger partial charge in [-0.05, 0) is 75.6 Å². The molecule has 0 unspecified atom stereocenters. The lowest BCUT2D eigenvalue weighted by Gasteiger charge is -2.07. The minimum atomic E-state index is 0.998. The molecule has 0 N–H and O–H groups in total. The van der Waals surface area contributed by atoms with Crippen LogP contribution in [0.5, 0.6) is 0 Å². The minimum Gasteiger partial charge on any atom is -0.258 e. The topological polar surface area (TPSA) is 24.7 Å². The number of aryl methyl sites for hydroxylation is 1. The first kappa shape index (κ1) is 15.2. The highest BCUT2D eigenvalue weighted by molar-refractivity contribution is 5.83. The third kappa shape index (κ3) is 4.12. The van der Waals surface area contributed by atoms with E-state index in [-0.39, 0.29) is 0 Å². The summed E-state index contributed by atoms with van der Waals surface area (Å²) in [5.74, 6) is 0. The summed E-state index contributed by atoms with van der Waals surface area (Å²) >= 11 is 0. The third-order valence-electron chi connectivity index (χ3n) is 3.09. The fourth-order valence-electron chi connectivity index (χ4n) is 2.19. The van der Waals surface area contributed by atoms with Crippen LogP contribution in [-0.4, -0.2) is 11.4 Å². The zero-order chi connectivity index (χ0) is 15.4. The second-order valence-corrected chi connectivity index (χ2v) is 5.67. The van der Waals surface area contributed by atoms with Crippen LogP contribution >= 0.6 is 0 Å². The van der Waals surface area contributed by atoms with Crippen LogP contribution in [0.2, 0.25) is 0 Å². The summed E-state index contributed by atoms with van der Waals surface area (Å²) in [5.41, 5.74) is 7.79. The maximum Gasteiger partial charge on any atom is 0.0658 e. The molecule has 21 heavy (non-hydrogen) atoms. The lowest BCUT2D eigenvalue weighted by Crippen LogP contribution is -1.84. The second-order valence-electron chi connectivity index (χ2n) is 5.67. The first-order valence-corrected chi connectivity index (χ1v) is 7.20. The second kappa shape index (κ2) is 6.49. The Morgan fingerprint density at radius 2 is 1.29 bits per heavy atom. The molecule has 0 fully saturated rings. The Hall–Kier alpha value is -2.22. The van der Waals surface area contributed by atoms with Crippen LogP contribution in [0.4, 0.5) is 11.4 Å². The van der Waals surface area contributed by atoms with Gasteiger partial charge >= 0.3 is 0 Å². The van der Waals surface area contributed by atoms with Gasteiger partial charge in [0.15, 0.2) is 0 Å². The van der Waals surface area contributed by atoms with Crippen molar-refractivity contribution in [2.24, 2.45) is 9.98 Å². The summed E-state index contributed by atoms with van der Waals surface area (Å²) < 4.78 is 0. The van der Waals surface area contributed by atoms with E-state index in [9.17, 15) is 0 Å². The summed E-state index contributed by atoms with van der Waals surface area (Å²) in [6.45, 7) is 10.1. The van der Waals surface area contributed by atoms with E-state index in [1.54, 1.807) is 0 Å². The Bertz CT molecular complexity index is 684. The summed E-state index contributed by atoms with van der Waals surface area (Å²) in [6.07, 6.45) is 0. The Kier molecular flexibility index (Phi) is 4.69. The zero-order valence-corrected chi connectivity index (χ0v) is 13.4. The molecule has 0 aliphatic rings. The molecule has 0 bridgehead atoms. The summed E-state index contributed by atoms with van der Waals surface area (Å²) in [7, 11) is 0.